The third kappa shape index (κ3) is 4.63. The van der Waals surface area contributed by atoms with E-state index in [2.05, 4.69) is 16.2 Å². The molecule has 0 atom stereocenters. The van der Waals surface area contributed by atoms with E-state index < -0.39 is 10.0 Å². The molecule has 1 aromatic carbocycles. The molecular weight excluding hydrogens is 314 g/mol. The van der Waals surface area contributed by atoms with Gasteiger partial charge in [0.25, 0.3) is 5.91 Å². The Morgan fingerprint density at radius 3 is 2.57 bits per heavy atom. The van der Waals surface area contributed by atoms with Crippen LogP contribution in [-0.2, 0) is 10.0 Å². The lowest BCUT2D eigenvalue weighted by atomic mass is 10.2. The Balaban J connectivity index is 2.09. The minimum absolute atomic E-state index is 0.0525. The van der Waals surface area contributed by atoms with Crippen molar-refractivity contribution in [2.24, 2.45) is 0 Å². The summed E-state index contributed by atoms with van der Waals surface area (Å²) < 4.78 is 26.4. The van der Waals surface area contributed by atoms with Gasteiger partial charge in [0, 0.05) is 31.7 Å². The van der Waals surface area contributed by atoms with Crippen LogP contribution in [0.25, 0.3) is 0 Å². The van der Waals surface area contributed by atoms with Gasteiger partial charge in [0.1, 0.15) is 0 Å². The van der Waals surface area contributed by atoms with Gasteiger partial charge in [-0.2, -0.15) is 0 Å². The number of benzene rings is 1. The zero-order valence-electron chi connectivity index (χ0n) is 13.4. The SMILES string of the molecule is C=CCNS(=O)(=O)c1ccc(C(=O)N2CCCN(C)CC2)cc1. The van der Waals surface area contributed by atoms with E-state index in [1.165, 1.54) is 18.2 Å². The fourth-order valence-electron chi connectivity index (χ4n) is 2.46. The van der Waals surface area contributed by atoms with Crippen LogP contribution in [0.5, 0.6) is 0 Å². The van der Waals surface area contributed by atoms with Gasteiger partial charge in [-0.3, -0.25) is 4.79 Å². The zero-order valence-corrected chi connectivity index (χ0v) is 14.2. The Hall–Kier alpha value is -1.70. The summed E-state index contributed by atoms with van der Waals surface area (Å²) in [6.07, 6.45) is 2.42. The van der Waals surface area contributed by atoms with Gasteiger partial charge in [-0.05, 0) is 44.3 Å². The smallest absolute Gasteiger partial charge is 0.253 e. The van der Waals surface area contributed by atoms with Crippen molar-refractivity contribution in [3.63, 3.8) is 0 Å². The Morgan fingerprint density at radius 1 is 1.22 bits per heavy atom. The minimum Gasteiger partial charge on any atom is -0.337 e. The zero-order chi connectivity index (χ0) is 16.9. The van der Waals surface area contributed by atoms with Crippen molar-refractivity contribution in [3.8, 4) is 0 Å². The Labute approximate surface area is 137 Å². The normalized spacial score (nSPS) is 16.8. The summed E-state index contributed by atoms with van der Waals surface area (Å²) in [7, 11) is -1.51. The van der Waals surface area contributed by atoms with Crippen LogP contribution >= 0.6 is 0 Å². The highest BCUT2D eigenvalue weighted by molar-refractivity contribution is 7.89. The first kappa shape index (κ1) is 17.7. The second kappa shape index (κ2) is 7.72. The molecule has 0 spiro atoms. The third-order valence-electron chi connectivity index (χ3n) is 3.84. The average molecular weight is 337 g/mol. The van der Waals surface area contributed by atoms with E-state index in [4.69, 9.17) is 0 Å². The number of nitrogens with zero attached hydrogens (tertiary/aromatic N) is 2. The van der Waals surface area contributed by atoms with Crippen LogP contribution in [0.15, 0.2) is 41.8 Å². The highest BCUT2D eigenvalue weighted by atomic mass is 32.2. The van der Waals surface area contributed by atoms with Gasteiger partial charge >= 0.3 is 0 Å². The number of amides is 1. The van der Waals surface area contributed by atoms with Crippen LogP contribution in [0.3, 0.4) is 0 Å². The summed E-state index contributed by atoms with van der Waals surface area (Å²) >= 11 is 0. The quantitative estimate of drug-likeness (QED) is 0.812. The number of likely N-dealkylation sites (N-methyl/N-ethyl adjacent to an activating group) is 1. The van der Waals surface area contributed by atoms with E-state index in [1.807, 2.05) is 11.9 Å². The van der Waals surface area contributed by atoms with Gasteiger partial charge in [0.05, 0.1) is 4.90 Å². The molecule has 7 heteroatoms. The lowest BCUT2D eigenvalue weighted by Crippen LogP contribution is -2.34. The summed E-state index contributed by atoms with van der Waals surface area (Å²) in [4.78, 5) is 16.7. The lowest BCUT2D eigenvalue weighted by Gasteiger charge is -2.20. The molecule has 23 heavy (non-hydrogen) atoms. The standard InChI is InChI=1S/C16H23N3O3S/c1-3-9-17-23(21,22)15-7-5-14(6-8-15)16(20)19-11-4-10-18(2)12-13-19/h3,5-8,17H,1,4,9-13H2,2H3. The topological polar surface area (TPSA) is 69.7 Å². The highest BCUT2D eigenvalue weighted by Crippen LogP contribution is 2.13. The Bertz CT molecular complexity index is 656. The van der Waals surface area contributed by atoms with Gasteiger partial charge in [0.2, 0.25) is 10.0 Å². The number of carbonyl (C=O) groups excluding carboxylic acids is 1. The molecule has 1 aliphatic rings. The van der Waals surface area contributed by atoms with E-state index in [0.717, 1.165) is 26.1 Å². The van der Waals surface area contributed by atoms with E-state index in [9.17, 15) is 13.2 Å². The summed E-state index contributed by atoms with van der Waals surface area (Å²) in [5.41, 5.74) is 0.511. The molecule has 0 aromatic heterocycles. The van der Waals surface area contributed by atoms with Gasteiger partial charge < -0.3 is 9.80 Å². The van der Waals surface area contributed by atoms with Crippen molar-refractivity contribution in [2.75, 3.05) is 39.8 Å². The number of nitrogens with one attached hydrogen (secondary N) is 1. The molecule has 1 aromatic rings. The summed E-state index contributed by atoms with van der Waals surface area (Å²) in [5.74, 6) is -0.0525. The minimum atomic E-state index is -3.56. The first-order chi connectivity index (χ1) is 10.9. The van der Waals surface area contributed by atoms with E-state index in [1.54, 1.807) is 12.1 Å². The predicted octanol–water partition coefficient (Wildman–Crippen LogP) is 0.929. The molecule has 126 valence electrons. The molecule has 2 rings (SSSR count). The molecule has 1 heterocycles. The van der Waals surface area contributed by atoms with Gasteiger partial charge in [-0.25, -0.2) is 13.1 Å². The summed E-state index contributed by atoms with van der Waals surface area (Å²) in [5, 5.41) is 0. The number of hydrogen-bond donors (Lipinski definition) is 1. The second-order valence-electron chi connectivity index (χ2n) is 5.61. The third-order valence-corrected chi connectivity index (χ3v) is 5.28. The first-order valence-corrected chi connectivity index (χ1v) is 9.11. The molecule has 0 bridgehead atoms. The molecule has 1 amide bonds. The Kier molecular flexibility index (Phi) is 5.92. The van der Waals surface area contributed by atoms with Crippen molar-refractivity contribution in [2.45, 2.75) is 11.3 Å². The molecular formula is C16H23N3O3S. The number of hydrogen-bond acceptors (Lipinski definition) is 4. The maximum absolute atomic E-state index is 12.5. The second-order valence-corrected chi connectivity index (χ2v) is 7.38. The fourth-order valence-corrected chi connectivity index (χ4v) is 3.46. The molecule has 1 saturated heterocycles. The van der Waals surface area contributed by atoms with Crippen LogP contribution in [0.4, 0.5) is 0 Å². The van der Waals surface area contributed by atoms with Crippen LogP contribution < -0.4 is 4.72 Å². The van der Waals surface area contributed by atoms with Crippen LogP contribution in [0.1, 0.15) is 16.8 Å². The van der Waals surface area contributed by atoms with Crippen molar-refractivity contribution in [3.05, 3.63) is 42.5 Å². The summed E-state index contributed by atoms with van der Waals surface area (Å²) in [6.45, 7) is 6.90. The monoisotopic (exact) mass is 337 g/mol. The Morgan fingerprint density at radius 2 is 1.91 bits per heavy atom. The molecule has 1 fully saturated rings. The molecule has 1 N–H and O–H groups in total. The molecule has 1 aliphatic heterocycles. The highest BCUT2D eigenvalue weighted by Gasteiger charge is 2.20. The van der Waals surface area contributed by atoms with Gasteiger partial charge in [-0.1, -0.05) is 6.08 Å². The molecule has 6 nitrogen and oxygen atoms in total. The fraction of sp³-hybridized carbons (Fsp3) is 0.438. The predicted molar refractivity (Wildman–Crippen MR) is 89.8 cm³/mol. The lowest BCUT2D eigenvalue weighted by molar-refractivity contribution is 0.0762. The van der Waals surface area contributed by atoms with E-state index in [-0.39, 0.29) is 17.3 Å². The summed E-state index contributed by atoms with van der Waals surface area (Å²) in [6, 6.07) is 6.06. The maximum atomic E-state index is 12.5. The van der Waals surface area contributed by atoms with Crippen molar-refractivity contribution in [1.29, 1.82) is 0 Å². The largest absolute Gasteiger partial charge is 0.337 e. The van der Waals surface area contributed by atoms with Crippen molar-refractivity contribution < 1.29 is 13.2 Å². The number of carbonyl (C=O) groups is 1. The average Bonchev–Trinajstić information content (AvgIpc) is 2.77. The van der Waals surface area contributed by atoms with Crippen LogP contribution in [0.2, 0.25) is 0 Å². The van der Waals surface area contributed by atoms with E-state index in [0.29, 0.717) is 12.1 Å². The molecule has 0 radical (unpaired) electrons. The van der Waals surface area contributed by atoms with Gasteiger partial charge in [-0.15, -0.1) is 6.58 Å². The maximum Gasteiger partial charge on any atom is 0.253 e. The number of rotatable bonds is 5. The van der Waals surface area contributed by atoms with E-state index >= 15 is 0 Å². The van der Waals surface area contributed by atoms with Crippen LogP contribution in [0, 0.1) is 0 Å². The first-order valence-electron chi connectivity index (χ1n) is 7.62. The molecule has 0 unspecified atom stereocenters. The van der Waals surface area contributed by atoms with Crippen molar-refractivity contribution in [1.82, 2.24) is 14.5 Å². The van der Waals surface area contributed by atoms with Gasteiger partial charge in [0.15, 0.2) is 0 Å². The molecule has 0 saturated carbocycles. The number of sulfonamides is 1. The van der Waals surface area contributed by atoms with Crippen molar-refractivity contribution >= 4 is 15.9 Å². The van der Waals surface area contributed by atoms with Crippen LogP contribution in [-0.4, -0.2) is 63.9 Å². The molecule has 0 aliphatic carbocycles.